The predicted octanol–water partition coefficient (Wildman–Crippen LogP) is 3.99. The Morgan fingerprint density at radius 3 is 2.56 bits per heavy atom. The van der Waals surface area contributed by atoms with Crippen molar-refractivity contribution in [3.63, 3.8) is 0 Å². The third-order valence-electron chi connectivity index (χ3n) is 2.59. The highest BCUT2D eigenvalue weighted by Gasteiger charge is 2.22. The van der Waals surface area contributed by atoms with Crippen molar-refractivity contribution in [2.75, 3.05) is 13.4 Å². The van der Waals surface area contributed by atoms with Crippen molar-refractivity contribution in [2.45, 2.75) is 5.25 Å². The van der Waals surface area contributed by atoms with Crippen molar-refractivity contribution in [3.8, 4) is 10.4 Å². The number of thiophene rings is 1. The van der Waals surface area contributed by atoms with Crippen molar-refractivity contribution in [1.82, 2.24) is 0 Å². The van der Waals surface area contributed by atoms with Crippen LogP contribution in [0.4, 0.5) is 0 Å². The Labute approximate surface area is 115 Å². The number of rotatable bonds is 4. The number of thioether (sulfide) groups is 1. The van der Waals surface area contributed by atoms with E-state index in [1.54, 1.807) is 11.3 Å². The first-order valence-electron chi connectivity index (χ1n) is 5.52. The third-order valence-corrected chi connectivity index (χ3v) is 4.86. The van der Waals surface area contributed by atoms with Gasteiger partial charge in [-0.15, -0.1) is 23.1 Å². The summed E-state index contributed by atoms with van der Waals surface area (Å²) < 4.78 is 4.82. The van der Waals surface area contributed by atoms with Gasteiger partial charge in [0.25, 0.3) is 0 Å². The standard InChI is InChI=1S/C14H14O2S2/c1-16-14(15)13(17-2)12-9-8-11(18-12)10-6-4-3-5-7-10/h3-9,13H,1-2H3. The quantitative estimate of drug-likeness (QED) is 0.791. The highest BCUT2D eigenvalue weighted by molar-refractivity contribution is 7.99. The minimum atomic E-state index is -0.225. The SMILES string of the molecule is COC(=O)C(SC)c1ccc(-c2ccccc2)s1. The van der Waals surface area contributed by atoms with Crippen LogP contribution in [0.1, 0.15) is 10.1 Å². The van der Waals surface area contributed by atoms with Crippen LogP contribution >= 0.6 is 23.1 Å². The summed E-state index contributed by atoms with van der Waals surface area (Å²) in [6, 6.07) is 14.2. The molecule has 2 aromatic rings. The number of esters is 1. The molecule has 1 aromatic heterocycles. The summed E-state index contributed by atoms with van der Waals surface area (Å²) in [5.74, 6) is -0.191. The zero-order valence-corrected chi connectivity index (χ0v) is 11.9. The maximum atomic E-state index is 11.7. The van der Waals surface area contributed by atoms with E-state index >= 15 is 0 Å². The first-order valence-corrected chi connectivity index (χ1v) is 7.62. The topological polar surface area (TPSA) is 26.3 Å². The molecule has 0 aliphatic heterocycles. The molecule has 4 heteroatoms. The Balaban J connectivity index is 2.27. The van der Waals surface area contributed by atoms with Gasteiger partial charge in [-0.3, -0.25) is 4.79 Å². The molecular weight excluding hydrogens is 264 g/mol. The van der Waals surface area contributed by atoms with Crippen LogP contribution in [-0.2, 0) is 9.53 Å². The number of ether oxygens (including phenoxy) is 1. The van der Waals surface area contributed by atoms with Crippen LogP contribution in [-0.4, -0.2) is 19.3 Å². The zero-order valence-electron chi connectivity index (χ0n) is 10.3. The summed E-state index contributed by atoms with van der Waals surface area (Å²) in [7, 11) is 1.43. The van der Waals surface area contributed by atoms with E-state index in [4.69, 9.17) is 4.74 Å². The fourth-order valence-electron chi connectivity index (χ4n) is 1.69. The highest BCUT2D eigenvalue weighted by atomic mass is 32.2. The van der Waals surface area contributed by atoms with Gasteiger partial charge in [-0.05, 0) is 24.0 Å². The van der Waals surface area contributed by atoms with Crippen molar-refractivity contribution in [1.29, 1.82) is 0 Å². The van der Waals surface area contributed by atoms with E-state index in [0.717, 1.165) is 4.88 Å². The molecule has 0 fully saturated rings. The van der Waals surface area contributed by atoms with Crippen molar-refractivity contribution >= 4 is 29.1 Å². The highest BCUT2D eigenvalue weighted by Crippen LogP contribution is 2.37. The molecule has 0 N–H and O–H groups in total. The maximum absolute atomic E-state index is 11.7. The minimum Gasteiger partial charge on any atom is -0.468 e. The Morgan fingerprint density at radius 1 is 1.22 bits per heavy atom. The average molecular weight is 278 g/mol. The molecule has 18 heavy (non-hydrogen) atoms. The fraction of sp³-hybridized carbons (Fsp3) is 0.214. The van der Waals surface area contributed by atoms with Gasteiger partial charge in [0.1, 0.15) is 5.25 Å². The molecule has 94 valence electrons. The van der Waals surface area contributed by atoms with Crippen LogP contribution in [0.5, 0.6) is 0 Å². The summed E-state index contributed by atoms with van der Waals surface area (Å²) in [6.45, 7) is 0. The monoisotopic (exact) mass is 278 g/mol. The summed E-state index contributed by atoms with van der Waals surface area (Å²) in [6.07, 6.45) is 1.92. The molecule has 0 aliphatic carbocycles. The molecule has 0 aliphatic rings. The van der Waals surface area contributed by atoms with Crippen LogP contribution in [0.3, 0.4) is 0 Å². The predicted molar refractivity (Wildman–Crippen MR) is 78.0 cm³/mol. The molecular formula is C14H14O2S2. The average Bonchev–Trinajstić information content (AvgIpc) is 2.90. The van der Waals surface area contributed by atoms with E-state index in [9.17, 15) is 4.79 Å². The van der Waals surface area contributed by atoms with Crippen LogP contribution in [0, 0.1) is 0 Å². The zero-order chi connectivity index (χ0) is 13.0. The molecule has 0 bridgehead atoms. The van der Waals surface area contributed by atoms with Crippen LogP contribution < -0.4 is 0 Å². The molecule has 1 unspecified atom stereocenters. The molecule has 0 radical (unpaired) electrons. The molecule has 0 amide bonds. The summed E-state index contributed by atoms with van der Waals surface area (Å²) >= 11 is 3.14. The lowest BCUT2D eigenvalue weighted by atomic mass is 10.2. The number of methoxy groups -OCH3 is 1. The Bertz CT molecular complexity index is 520. The minimum absolute atomic E-state index is 0.191. The lowest BCUT2D eigenvalue weighted by molar-refractivity contribution is -0.140. The van der Waals surface area contributed by atoms with Gasteiger partial charge in [0.05, 0.1) is 7.11 Å². The van der Waals surface area contributed by atoms with Gasteiger partial charge >= 0.3 is 5.97 Å². The number of hydrogen-bond acceptors (Lipinski definition) is 4. The Kier molecular flexibility index (Phi) is 4.44. The van der Waals surface area contributed by atoms with Gasteiger partial charge in [0, 0.05) is 9.75 Å². The van der Waals surface area contributed by atoms with Crippen LogP contribution in [0.2, 0.25) is 0 Å². The lowest BCUT2D eigenvalue weighted by Gasteiger charge is -2.09. The molecule has 1 heterocycles. The Hall–Kier alpha value is -1.26. The second-order valence-electron chi connectivity index (χ2n) is 3.71. The van der Waals surface area contributed by atoms with Gasteiger partial charge < -0.3 is 4.74 Å². The van der Waals surface area contributed by atoms with E-state index in [1.165, 1.54) is 29.3 Å². The molecule has 1 aromatic carbocycles. The van der Waals surface area contributed by atoms with Crippen molar-refractivity contribution in [3.05, 3.63) is 47.3 Å². The molecule has 2 rings (SSSR count). The van der Waals surface area contributed by atoms with E-state index in [2.05, 4.69) is 18.2 Å². The van der Waals surface area contributed by atoms with Crippen molar-refractivity contribution in [2.24, 2.45) is 0 Å². The molecule has 1 atom stereocenters. The van der Waals surface area contributed by atoms with Gasteiger partial charge in [-0.2, -0.15) is 0 Å². The Morgan fingerprint density at radius 2 is 1.94 bits per heavy atom. The normalized spacial score (nSPS) is 12.1. The van der Waals surface area contributed by atoms with Crippen LogP contribution in [0.25, 0.3) is 10.4 Å². The number of hydrogen-bond donors (Lipinski definition) is 0. The first-order chi connectivity index (χ1) is 8.76. The van der Waals surface area contributed by atoms with Gasteiger partial charge in [0.2, 0.25) is 0 Å². The molecule has 0 saturated heterocycles. The second kappa shape index (κ2) is 6.07. The van der Waals surface area contributed by atoms with E-state index in [-0.39, 0.29) is 11.2 Å². The molecule has 0 spiro atoms. The third kappa shape index (κ3) is 2.76. The fourth-order valence-corrected chi connectivity index (χ4v) is 3.70. The maximum Gasteiger partial charge on any atom is 0.324 e. The largest absolute Gasteiger partial charge is 0.468 e. The summed E-state index contributed by atoms with van der Waals surface area (Å²) in [4.78, 5) is 13.9. The van der Waals surface area contributed by atoms with Gasteiger partial charge in [-0.1, -0.05) is 30.3 Å². The summed E-state index contributed by atoms with van der Waals surface area (Å²) in [5.41, 5.74) is 1.18. The van der Waals surface area contributed by atoms with E-state index < -0.39 is 0 Å². The number of carbonyl (C=O) groups excluding carboxylic acids is 1. The smallest absolute Gasteiger partial charge is 0.324 e. The first kappa shape index (κ1) is 13.2. The summed E-state index contributed by atoms with van der Waals surface area (Å²) in [5, 5.41) is -0.225. The number of benzene rings is 1. The number of carbonyl (C=O) groups is 1. The van der Waals surface area contributed by atoms with Gasteiger partial charge in [-0.25, -0.2) is 0 Å². The van der Waals surface area contributed by atoms with E-state index in [0.29, 0.717) is 0 Å². The second-order valence-corrected chi connectivity index (χ2v) is 5.77. The molecule has 2 nitrogen and oxygen atoms in total. The van der Waals surface area contributed by atoms with Crippen LogP contribution in [0.15, 0.2) is 42.5 Å². The van der Waals surface area contributed by atoms with E-state index in [1.807, 2.05) is 30.5 Å². The molecule has 0 saturated carbocycles. The lowest BCUT2D eigenvalue weighted by Crippen LogP contribution is -2.09. The van der Waals surface area contributed by atoms with Crippen molar-refractivity contribution < 1.29 is 9.53 Å². The van der Waals surface area contributed by atoms with Gasteiger partial charge in [0.15, 0.2) is 0 Å².